The van der Waals surface area contributed by atoms with Gasteiger partial charge in [-0.25, -0.2) is 15.0 Å². The summed E-state index contributed by atoms with van der Waals surface area (Å²) in [5, 5.41) is 4.88. The van der Waals surface area contributed by atoms with E-state index in [1.54, 1.807) is 11.3 Å². The van der Waals surface area contributed by atoms with Crippen LogP contribution < -0.4 is 0 Å². The zero-order valence-electron chi connectivity index (χ0n) is 22.0. The standard InChI is InChI=1S/C37H23N3S/c1-3-9-24(10-4-1)26-15-16-28-22-29(18-17-27(28)21-26)36-38-35(25-11-5-2-6-12-25)39-37(40-36)30-19-20-32-31-13-7-8-14-33(31)41-34(32)23-30/h1-23H. The maximum absolute atomic E-state index is 5.01. The van der Waals surface area contributed by atoms with E-state index in [1.165, 1.54) is 36.7 Å². The highest BCUT2D eigenvalue weighted by atomic mass is 32.1. The van der Waals surface area contributed by atoms with Crippen LogP contribution in [-0.2, 0) is 0 Å². The van der Waals surface area contributed by atoms with Gasteiger partial charge in [-0.05, 0) is 46.2 Å². The van der Waals surface area contributed by atoms with E-state index < -0.39 is 0 Å². The van der Waals surface area contributed by atoms with Gasteiger partial charge < -0.3 is 0 Å². The molecule has 192 valence electrons. The first-order chi connectivity index (χ1) is 20.3. The smallest absolute Gasteiger partial charge is 0.164 e. The molecule has 0 saturated carbocycles. The van der Waals surface area contributed by atoms with Crippen molar-refractivity contribution < 1.29 is 0 Å². The van der Waals surface area contributed by atoms with E-state index in [0.29, 0.717) is 17.5 Å². The van der Waals surface area contributed by atoms with Crippen molar-refractivity contribution in [3.8, 4) is 45.3 Å². The van der Waals surface area contributed by atoms with Crippen LogP contribution in [0.1, 0.15) is 0 Å². The highest BCUT2D eigenvalue weighted by molar-refractivity contribution is 7.25. The van der Waals surface area contributed by atoms with Gasteiger partial charge in [0.15, 0.2) is 17.5 Å². The van der Waals surface area contributed by atoms with E-state index in [2.05, 4.69) is 103 Å². The molecule has 41 heavy (non-hydrogen) atoms. The molecule has 4 heteroatoms. The Bertz CT molecular complexity index is 2200. The van der Waals surface area contributed by atoms with Crippen molar-refractivity contribution in [2.75, 3.05) is 0 Å². The third-order valence-corrected chi connectivity index (χ3v) is 8.64. The second-order valence-electron chi connectivity index (χ2n) is 10.1. The Hall–Kier alpha value is -5.19. The van der Waals surface area contributed by atoms with Crippen molar-refractivity contribution >= 4 is 42.3 Å². The van der Waals surface area contributed by atoms with Crippen LogP contribution in [-0.4, -0.2) is 15.0 Å². The van der Waals surface area contributed by atoms with Crippen molar-refractivity contribution in [3.05, 3.63) is 140 Å². The van der Waals surface area contributed by atoms with Crippen molar-refractivity contribution in [1.29, 1.82) is 0 Å². The van der Waals surface area contributed by atoms with Crippen LogP contribution in [0.2, 0.25) is 0 Å². The van der Waals surface area contributed by atoms with E-state index in [0.717, 1.165) is 22.1 Å². The first-order valence-electron chi connectivity index (χ1n) is 13.6. The topological polar surface area (TPSA) is 38.7 Å². The Labute approximate surface area is 241 Å². The van der Waals surface area contributed by atoms with Crippen molar-refractivity contribution in [2.24, 2.45) is 0 Å². The molecule has 0 saturated heterocycles. The quantitative estimate of drug-likeness (QED) is 0.222. The summed E-state index contributed by atoms with van der Waals surface area (Å²) in [6.45, 7) is 0. The fourth-order valence-corrected chi connectivity index (χ4v) is 6.56. The number of aromatic nitrogens is 3. The molecule has 0 fully saturated rings. The molecule has 6 aromatic carbocycles. The van der Waals surface area contributed by atoms with E-state index in [4.69, 9.17) is 15.0 Å². The van der Waals surface area contributed by atoms with Crippen LogP contribution in [0.15, 0.2) is 140 Å². The molecule has 8 rings (SSSR count). The van der Waals surface area contributed by atoms with Crippen LogP contribution in [0.4, 0.5) is 0 Å². The Morgan fingerprint density at radius 2 is 0.854 bits per heavy atom. The van der Waals surface area contributed by atoms with Crippen LogP contribution in [0.5, 0.6) is 0 Å². The van der Waals surface area contributed by atoms with Crippen LogP contribution in [0.25, 0.3) is 76.2 Å². The first-order valence-corrected chi connectivity index (χ1v) is 14.4. The molecule has 0 N–H and O–H groups in total. The predicted octanol–water partition coefficient (Wildman–Crippen LogP) is 10.1. The Balaban J connectivity index is 1.26. The lowest BCUT2D eigenvalue weighted by atomic mass is 10.00. The largest absolute Gasteiger partial charge is 0.208 e. The number of thiophene rings is 1. The minimum atomic E-state index is 0.666. The van der Waals surface area contributed by atoms with Crippen molar-refractivity contribution in [2.45, 2.75) is 0 Å². The predicted molar refractivity (Wildman–Crippen MR) is 172 cm³/mol. The fraction of sp³-hybridized carbons (Fsp3) is 0. The third-order valence-electron chi connectivity index (χ3n) is 7.51. The normalized spacial score (nSPS) is 11.4. The molecule has 0 aliphatic carbocycles. The summed E-state index contributed by atoms with van der Waals surface area (Å²) in [5.41, 5.74) is 5.33. The van der Waals surface area contributed by atoms with Gasteiger partial charge in [0.05, 0.1) is 0 Å². The number of nitrogens with zero attached hydrogens (tertiary/aromatic N) is 3. The first kappa shape index (κ1) is 23.7. The monoisotopic (exact) mass is 541 g/mol. The zero-order chi connectivity index (χ0) is 27.2. The molecular weight excluding hydrogens is 518 g/mol. The molecule has 0 spiro atoms. The lowest BCUT2D eigenvalue weighted by Gasteiger charge is -2.10. The molecule has 0 atom stereocenters. The third kappa shape index (κ3) is 4.35. The van der Waals surface area contributed by atoms with Crippen LogP contribution in [0, 0.1) is 0 Å². The van der Waals surface area contributed by atoms with Gasteiger partial charge in [0.25, 0.3) is 0 Å². The average molecular weight is 542 g/mol. The summed E-state index contributed by atoms with van der Waals surface area (Å²) in [4.78, 5) is 14.9. The SMILES string of the molecule is c1ccc(-c2ccc3cc(-c4nc(-c5ccccc5)nc(-c5ccc6c(c5)sc5ccccc56)n4)ccc3c2)cc1. The maximum Gasteiger partial charge on any atom is 0.164 e. The summed E-state index contributed by atoms with van der Waals surface area (Å²) in [7, 11) is 0. The second kappa shape index (κ2) is 9.77. The van der Waals surface area contributed by atoms with E-state index >= 15 is 0 Å². The molecular formula is C37H23N3S. The number of rotatable bonds is 4. The molecule has 8 aromatic rings. The molecule has 0 unspecified atom stereocenters. The molecule has 0 amide bonds. The highest BCUT2D eigenvalue weighted by Gasteiger charge is 2.14. The van der Waals surface area contributed by atoms with Crippen molar-refractivity contribution in [1.82, 2.24) is 15.0 Å². The molecule has 0 aliphatic rings. The van der Waals surface area contributed by atoms with Gasteiger partial charge in [0.1, 0.15) is 0 Å². The average Bonchev–Trinajstić information content (AvgIpc) is 3.43. The highest BCUT2D eigenvalue weighted by Crippen LogP contribution is 2.36. The minimum Gasteiger partial charge on any atom is -0.208 e. The molecule has 0 aliphatic heterocycles. The molecule has 0 radical (unpaired) electrons. The van der Waals surface area contributed by atoms with Gasteiger partial charge in [0, 0.05) is 36.9 Å². The zero-order valence-corrected chi connectivity index (χ0v) is 22.8. The number of fused-ring (bicyclic) bond motifs is 4. The summed E-state index contributed by atoms with van der Waals surface area (Å²) in [5.74, 6) is 2.01. The molecule has 0 bridgehead atoms. The summed E-state index contributed by atoms with van der Waals surface area (Å²) in [6.07, 6.45) is 0. The number of hydrogen-bond donors (Lipinski definition) is 0. The Kier molecular flexibility index (Phi) is 5.64. The number of benzene rings is 6. The summed E-state index contributed by atoms with van der Waals surface area (Å²) in [6, 6.07) is 48.7. The lowest BCUT2D eigenvalue weighted by molar-refractivity contribution is 1.08. The van der Waals surface area contributed by atoms with E-state index in [-0.39, 0.29) is 0 Å². The van der Waals surface area contributed by atoms with Crippen molar-refractivity contribution in [3.63, 3.8) is 0 Å². The lowest BCUT2D eigenvalue weighted by Crippen LogP contribution is -2.00. The summed E-state index contributed by atoms with van der Waals surface area (Å²) < 4.78 is 2.51. The second-order valence-corrected chi connectivity index (χ2v) is 11.2. The van der Waals surface area contributed by atoms with Gasteiger partial charge in [0.2, 0.25) is 0 Å². The van der Waals surface area contributed by atoms with Gasteiger partial charge >= 0.3 is 0 Å². The fourth-order valence-electron chi connectivity index (χ4n) is 5.41. The Morgan fingerprint density at radius 3 is 1.59 bits per heavy atom. The molecule has 2 heterocycles. The van der Waals surface area contributed by atoms with Crippen LogP contribution in [0.3, 0.4) is 0 Å². The molecule has 3 nitrogen and oxygen atoms in total. The van der Waals surface area contributed by atoms with Gasteiger partial charge in [-0.2, -0.15) is 0 Å². The van der Waals surface area contributed by atoms with E-state index in [9.17, 15) is 0 Å². The molecule has 2 aromatic heterocycles. The van der Waals surface area contributed by atoms with Gasteiger partial charge in [-0.1, -0.05) is 115 Å². The summed E-state index contributed by atoms with van der Waals surface area (Å²) >= 11 is 1.80. The van der Waals surface area contributed by atoms with E-state index in [1.807, 2.05) is 36.4 Å². The Morgan fingerprint density at radius 1 is 0.341 bits per heavy atom. The maximum atomic E-state index is 5.01. The van der Waals surface area contributed by atoms with Gasteiger partial charge in [-0.3, -0.25) is 0 Å². The van der Waals surface area contributed by atoms with Crippen LogP contribution >= 0.6 is 11.3 Å². The minimum absolute atomic E-state index is 0.666. The van der Waals surface area contributed by atoms with Gasteiger partial charge in [-0.15, -0.1) is 11.3 Å². The number of hydrogen-bond acceptors (Lipinski definition) is 4.